The molecule has 34 heteroatoms. The highest BCUT2D eigenvalue weighted by atomic mass is 32.1. The summed E-state index contributed by atoms with van der Waals surface area (Å²) < 4.78 is 59.7. The van der Waals surface area contributed by atoms with E-state index in [2.05, 4.69) is 48.5 Å². The maximum atomic E-state index is 13.1. The van der Waals surface area contributed by atoms with Crippen LogP contribution < -0.4 is 46.1 Å². The van der Waals surface area contributed by atoms with Crippen molar-refractivity contribution in [2.45, 2.75) is 199 Å². The lowest BCUT2D eigenvalue weighted by Gasteiger charge is -2.36. The van der Waals surface area contributed by atoms with E-state index in [0.717, 1.165) is 47.3 Å². The summed E-state index contributed by atoms with van der Waals surface area (Å²) in [6.45, 7) is 19.1. The Balaban J connectivity index is 0.764. The monoisotopic (exact) mass is 1540 g/mol. The molecule has 572 valence electrons. The molecule has 0 radical (unpaired) electrons. The average molecular weight is 1540 g/mol. The zero-order chi connectivity index (χ0) is 76.3. The van der Waals surface area contributed by atoms with Crippen molar-refractivity contribution in [3.8, 4) is 49.2 Å². The molecule has 9 aromatic heterocycles. The zero-order valence-electron chi connectivity index (χ0n) is 61.3. The number of hydrogen-bond acceptors (Lipinski definition) is 31. The third-order valence-electron chi connectivity index (χ3n) is 21.6. The second kappa shape index (κ2) is 28.9. The molecule has 0 bridgehead atoms. The Morgan fingerprint density at radius 3 is 1.58 bits per heavy atom. The van der Waals surface area contributed by atoms with E-state index in [1.54, 1.807) is 27.7 Å². The first kappa shape index (κ1) is 74.7. The van der Waals surface area contributed by atoms with E-state index in [0.29, 0.717) is 122 Å². The van der Waals surface area contributed by atoms with Crippen LogP contribution in [0.4, 0.5) is 48.5 Å². The van der Waals surface area contributed by atoms with Crippen LogP contribution in [-0.4, -0.2) is 188 Å². The number of aliphatic hydroxyl groups excluding tert-OH is 6. The summed E-state index contributed by atoms with van der Waals surface area (Å²) in [7, 11) is 0. The first-order valence-corrected chi connectivity index (χ1v) is 38.8. The molecule has 1 unspecified atom stereocenters. The number of nitrogens with zero attached hydrogens (tertiary/aromatic N) is 12. The van der Waals surface area contributed by atoms with Gasteiger partial charge in [-0.25, -0.2) is 39.9 Å². The van der Waals surface area contributed by atoms with Gasteiger partial charge in [0.15, 0.2) is 5.60 Å². The van der Waals surface area contributed by atoms with Crippen molar-refractivity contribution in [3.63, 3.8) is 0 Å². The summed E-state index contributed by atoms with van der Waals surface area (Å²) in [6, 6.07) is 8.64. The Labute approximate surface area is 631 Å². The fraction of sp³-hybridized carbons (Fsp3) is 0.514. The van der Waals surface area contributed by atoms with Gasteiger partial charge in [0.05, 0.1) is 89.9 Å². The minimum atomic E-state index is -4.87. The third-order valence-corrected chi connectivity index (χ3v) is 24.7. The number of hydrogen-bond donors (Lipinski definition) is 13. The number of anilines is 6. The highest BCUT2D eigenvalue weighted by Crippen LogP contribution is 2.49. The molecule has 5 aliphatic rings. The predicted octanol–water partition coefficient (Wildman–Crippen LogP) is 10.6. The van der Waals surface area contributed by atoms with Crippen LogP contribution in [0, 0.1) is 72.1 Å². The van der Waals surface area contributed by atoms with E-state index >= 15 is 0 Å². The van der Waals surface area contributed by atoms with E-state index < -0.39 is 97.1 Å². The van der Waals surface area contributed by atoms with Crippen molar-refractivity contribution in [1.82, 2.24) is 59.8 Å². The summed E-state index contributed by atoms with van der Waals surface area (Å²) in [5.41, 5.74) is 4.92. The molecule has 14 atom stereocenters. The Kier molecular flexibility index (Phi) is 20.0. The number of aliphatic hydroxyl groups is 7. The molecule has 9 heterocycles. The topological polar surface area (TPSA) is 396 Å². The molecule has 0 spiro atoms. The minimum absolute atomic E-state index is 0.0339. The Hall–Kier alpha value is -8.71. The van der Waals surface area contributed by atoms with Crippen LogP contribution in [0.5, 0.6) is 17.5 Å². The number of rotatable bonds is 25. The van der Waals surface area contributed by atoms with Gasteiger partial charge < -0.3 is 81.9 Å². The molecule has 5 saturated carbocycles. The summed E-state index contributed by atoms with van der Waals surface area (Å²) >= 11 is 4.16. The molecule has 10 aromatic rings. The molecule has 13 N–H and O–H groups in total. The number of pyridine rings is 3. The lowest BCUT2D eigenvalue weighted by Crippen LogP contribution is -2.53. The van der Waals surface area contributed by atoms with Crippen LogP contribution in [-0.2, 0) is 0 Å². The van der Waals surface area contributed by atoms with Gasteiger partial charge in [-0.15, -0.1) is 47.2 Å². The van der Waals surface area contributed by atoms with Crippen LogP contribution in [0.25, 0.3) is 62.4 Å². The van der Waals surface area contributed by atoms with E-state index in [9.17, 15) is 48.9 Å². The Morgan fingerprint density at radius 2 is 1.03 bits per heavy atom. The molecule has 28 nitrogen and oxygen atoms in total. The molecule has 0 amide bonds. The Morgan fingerprint density at radius 1 is 0.537 bits per heavy atom. The van der Waals surface area contributed by atoms with Crippen molar-refractivity contribution < 1.29 is 63.1 Å². The molecular formula is C74H87F3N18O10S3. The average Bonchev–Trinajstić information content (AvgIpc) is 1.59. The van der Waals surface area contributed by atoms with E-state index in [-0.39, 0.29) is 60.8 Å². The first-order valence-electron chi connectivity index (χ1n) is 36.3. The predicted molar refractivity (Wildman–Crippen MR) is 406 cm³/mol. The molecule has 1 aromatic carbocycles. The van der Waals surface area contributed by atoms with Crippen LogP contribution in [0.15, 0.2) is 42.5 Å². The van der Waals surface area contributed by atoms with Gasteiger partial charge >= 0.3 is 6.36 Å². The second-order valence-electron chi connectivity index (χ2n) is 30.0. The highest BCUT2D eigenvalue weighted by Gasteiger charge is 2.56. The number of benzene rings is 1. The van der Waals surface area contributed by atoms with Crippen LogP contribution >= 0.6 is 34.0 Å². The fourth-order valence-corrected chi connectivity index (χ4v) is 18.8. The molecular weight excluding hydrogens is 1450 g/mol. The molecule has 5 aliphatic carbocycles. The molecule has 5 fully saturated rings. The van der Waals surface area contributed by atoms with E-state index in [4.69, 9.17) is 64.3 Å². The van der Waals surface area contributed by atoms with Gasteiger partial charge in [0.2, 0.25) is 29.6 Å². The van der Waals surface area contributed by atoms with Crippen molar-refractivity contribution in [2.24, 2.45) is 23.7 Å². The standard InChI is InChI=1S/C74H87F3N18O10S3/c1-29-20-46-54(37(9)78-29)90-66(106-46)51-34(6)85-71(86-43-16-17-43)93-61(51)87-45-23-40(26-96)57(99)58(45)103-64-55-47(21-30(2)79-64)107-67(91-55)53-36(8)84-70(81-32(4)38-12-13-38)95-63(53)89-50-25-42(28-98)60(101)73(50,11)105-65-56-48(22-31(3)80-65)108-68(92-56)52-35(7)83-69(82-33(5)39-14-18-44(19-15-39)104-74(75,76)77)94-62(52)88-49-24-41(27-97)59(100)72(49,10)102/h14-15,18-22,32-33,38,40-43,45,49-50,57-60,96-102H,12-13,16-17,23-28H2,1-11H3,(H2,81,84,89,95)(H2,82,83,88,94)(H2,85,86,87,93)/t32-,33-,40-,41-,42-,45-,49-,50?,57-,58+,59-,60-,72+,73+/m1/s1. The maximum absolute atomic E-state index is 13.1. The number of aromatic nitrogens is 12. The molecule has 108 heavy (non-hydrogen) atoms. The lowest BCUT2D eigenvalue weighted by molar-refractivity contribution is -0.274. The van der Waals surface area contributed by atoms with Gasteiger partial charge in [-0.05, 0) is 163 Å². The maximum Gasteiger partial charge on any atom is 0.573 e. The SMILES string of the molecule is Cc1cc2sc(-c3c(C)nc(NC4CC4)nc3N[C@@H]3C[C@H](CO)[C@@H](O)[C@H]3Oc3nc(C)cc4sc(-c5c(C)nc(N[C@H](C)C6CC6)nc5NC5C[C@H](CO)[C@@H](O)[C@@]5(C)Oc5nc(C)cc6sc(-c7c(C)nc(N[C@H](C)c8ccc(OC(F)(F)F)cc8)nc7N[C@@H]7C[C@H](CO)[C@@H](O)[C@@]7(C)O)nc56)nc34)nc2c(C)n1. The van der Waals surface area contributed by atoms with E-state index in [1.807, 2.05) is 52.8 Å². The minimum Gasteiger partial charge on any atom is -0.468 e. The summed E-state index contributed by atoms with van der Waals surface area (Å²) in [4.78, 5) is 60.2. The molecule has 0 aliphatic heterocycles. The van der Waals surface area contributed by atoms with E-state index in [1.165, 1.54) is 65.2 Å². The number of fused-ring (bicyclic) bond motifs is 3. The largest absolute Gasteiger partial charge is 0.573 e. The lowest BCUT2D eigenvalue weighted by atomic mass is 9.95. The van der Waals surface area contributed by atoms with Gasteiger partial charge in [-0.1, -0.05) is 12.1 Å². The fourth-order valence-electron chi connectivity index (χ4n) is 15.3. The highest BCUT2D eigenvalue weighted by molar-refractivity contribution is 7.22. The van der Waals surface area contributed by atoms with Gasteiger partial charge in [-0.3, -0.25) is 4.98 Å². The number of ether oxygens (including phenoxy) is 3. The zero-order valence-corrected chi connectivity index (χ0v) is 63.7. The summed E-state index contributed by atoms with van der Waals surface area (Å²) in [6.07, 6.45) is -4.85. The summed E-state index contributed by atoms with van der Waals surface area (Å²) in [5, 5.41) is 103. The van der Waals surface area contributed by atoms with Crippen molar-refractivity contribution in [2.75, 3.05) is 51.7 Å². The normalized spacial score (nSPS) is 25.6. The Bertz CT molecular complexity index is 5070. The summed E-state index contributed by atoms with van der Waals surface area (Å²) in [5.74, 6) is 0.246. The van der Waals surface area contributed by atoms with Crippen molar-refractivity contribution in [3.05, 3.63) is 87.9 Å². The van der Waals surface area contributed by atoms with Gasteiger partial charge in [-0.2, -0.15) is 15.0 Å². The number of nitrogens with one attached hydrogen (secondary N) is 6. The first-order chi connectivity index (χ1) is 51.4. The van der Waals surface area contributed by atoms with Crippen LogP contribution in [0.2, 0.25) is 0 Å². The molecule has 15 rings (SSSR count). The number of thiazole rings is 3. The van der Waals surface area contributed by atoms with Crippen molar-refractivity contribution in [1.29, 1.82) is 0 Å². The second-order valence-corrected chi connectivity index (χ2v) is 33.1. The quantitative estimate of drug-likeness (QED) is 0.0253. The molecule has 0 saturated heterocycles. The smallest absolute Gasteiger partial charge is 0.468 e. The van der Waals surface area contributed by atoms with Crippen molar-refractivity contribution >= 4 is 100.0 Å². The number of alkyl halides is 3. The van der Waals surface area contributed by atoms with Gasteiger partial charge in [0.25, 0.3) is 0 Å². The third kappa shape index (κ3) is 14.8. The van der Waals surface area contributed by atoms with Gasteiger partial charge in [0, 0.05) is 66.7 Å². The van der Waals surface area contributed by atoms with Crippen LogP contribution in [0.1, 0.15) is 124 Å². The van der Waals surface area contributed by atoms with Crippen LogP contribution in [0.3, 0.4) is 0 Å². The van der Waals surface area contributed by atoms with Gasteiger partial charge in [0.1, 0.15) is 72.6 Å². The number of aryl methyl sites for hydroxylation is 7. The number of halogens is 3.